The molecule has 1 aliphatic carbocycles. The van der Waals surface area contributed by atoms with Gasteiger partial charge in [0, 0.05) is 23.5 Å². The first-order valence-corrected chi connectivity index (χ1v) is 8.88. The second-order valence-electron chi connectivity index (χ2n) is 7.05. The fraction of sp³-hybridized carbons (Fsp3) is 0.400. The summed E-state index contributed by atoms with van der Waals surface area (Å²) in [6, 6.07) is 9.86. The maximum Gasteiger partial charge on any atom is 0.229 e. The number of ether oxygens (including phenoxy) is 1. The van der Waals surface area contributed by atoms with Gasteiger partial charge in [-0.3, -0.25) is 9.78 Å². The molecule has 1 aliphatic rings. The van der Waals surface area contributed by atoms with Crippen molar-refractivity contribution in [3.63, 3.8) is 0 Å². The smallest absolute Gasteiger partial charge is 0.229 e. The predicted octanol–water partition coefficient (Wildman–Crippen LogP) is 4.49. The Balaban J connectivity index is 0.00000196. The average Bonchev–Trinajstić information content (AvgIpc) is 2.61. The van der Waals surface area contributed by atoms with E-state index in [4.69, 9.17) is 10.5 Å². The van der Waals surface area contributed by atoms with Gasteiger partial charge in [0.1, 0.15) is 6.61 Å². The fourth-order valence-corrected chi connectivity index (χ4v) is 3.35. The number of carbonyl (C=O) groups is 1. The van der Waals surface area contributed by atoms with Crippen LogP contribution in [0.15, 0.2) is 42.6 Å². The number of nitrogens with one attached hydrogen (secondary N) is 1. The van der Waals surface area contributed by atoms with Gasteiger partial charge < -0.3 is 15.8 Å². The highest BCUT2D eigenvalue weighted by Crippen LogP contribution is 2.32. The number of amides is 1. The van der Waals surface area contributed by atoms with Crippen molar-refractivity contribution < 1.29 is 13.9 Å². The molecular formula is C20H26Cl2FN3O2. The number of hydrogen-bond acceptors (Lipinski definition) is 4. The van der Waals surface area contributed by atoms with E-state index in [9.17, 15) is 9.18 Å². The largest absolute Gasteiger partial charge is 0.484 e. The van der Waals surface area contributed by atoms with Gasteiger partial charge in [0.25, 0.3) is 0 Å². The Morgan fingerprint density at radius 1 is 1.32 bits per heavy atom. The van der Waals surface area contributed by atoms with E-state index < -0.39 is 11.4 Å². The van der Waals surface area contributed by atoms with E-state index in [-0.39, 0.29) is 49.0 Å². The summed E-state index contributed by atoms with van der Waals surface area (Å²) in [5, 5.41) is 2.78. The third-order valence-electron chi connectivity index (χ3n) is 4.87. The zero-order valence-electron chi connectivity index (χ0n) is 15.7. The summed E-state index contributed by atoms with van der Waals surface area (Å²) in [7, 11) is 0. The molecule has 28 heavy (non-hydrogen) atoms. The van der Waals surface area contributed by atoms with Crippen molar-refractivity contribution in [2.45, 2.75) is 44.8 Å². The van der Waals surface area contributed by atoms with Crippen molar-refractivity contribution in [2.24, 2.45) is 11.7 Å². The molecule has 154 valence electrons. The third kappa shape index (κ3) is 6.06. The summed E-state index contributed by atoms with van der Waals surface area (Å²) in [5.41, 5.74) is 6.86. The molecule has 0 bridgehead atoms. The van der Waals surface area contributed by atoms with E-state index in [2.05, 4.69) is 10.3 Å². The Bertz CT molecular complexity index is 775. The van der Waals surface area contributed by atoms with E-state index in [0.29, 0.717) is 11.4 Å². The van der Waals surface area contributed by atoms with Crippen LogP contribution in [0, 0.1) is 11.7 Å². The number of benzene rings is 1. The normalized spacial score (nSPS) is 21.0. The summed E-state index contributed by atoms with van der Waals surface area (Å²) in [6.45, 7) is 2.09. The van der Waals surface area contributed by atoms with E-state index in [1.54, 1.807) is 24.4 Å². The van der Waals surface area contributed by atoms with Crippen LogP contribution in [0.2, 0.25) is 0 Å². The van der Waals surface area contributed by atoms with Gasteiger partial charge in [0.15, 0.2) is 11.6 Å². The minimum atomic E-state index is -0.530. The standard InChI is InChI=1S/C20H24FN3O2.2ClH/c1-20(22)10-4-2-7-16(20)19(25)24-14-8-9-18(17(21)12-14)26-13-15-6-3-5-11-23-15;;/h3,5-6,8-9,11-12,16H,2,4,7,10,13,22H2,1H3,(H,24,25);2*1H. The number of aromatic nitrogens is 1. The Morgan fingerprint density at radius 2 is 2.11 bits per heavy atom. The zero-order chi connectivity index (χ0) is 18.6. The van der Waals surface area contributed by atoms with Crippen molar-refractivity contribution in [3.05, 3.63) is 54.1 Å². The van der Waals surface area contributed by atoms with E-state index in [1.807, 2.05) is 13.0 Å². The molecule has 2 unspecified atom stereocenters. The number of anilines is 1. The number of nitrogens with two attached hydrogens (primary N) is 1. The van der Waals surface area contributed by atoms with Crippen molar-refractivity contribution in [2.75, 3.05) is 5.32 Å². The molecule has 0 spiro atoms. The van der Waals surface area contributed by atoms with Gasteiger partial charge in [-0.25, -0.2) is 4.39 Å². The zero-order valence-corrected chi connectivity index (χ0v) is 17.3. The van der Waals surface area contributed by atoms with E-state index >= 15 is 0 Å². The molecule has 1 amide bonds. The maximum absolute atomic E-state index is 14.3. The molecular weight excluding hydrogens is 404 g/mol. The molecule has 5 nitrogen and oxygen atoms in total. The Kier molecular flexibility index (Phi) is 9.14. The lowest BCUT2D eigenvalue weighted by Crippen LogP contribution is -2.51. The fourth-order valence-electron chi connectivity index (χ4n) is 3.35. The molecule has 1 heterocycles. The average molecular weight is 430 g/mol. The van der Waals surface area contributed by atoms with Gasteiger partial charge in [0.05, 0.1) is 11.6 Å². The first-order valence-electron chi connectivity index (χ1n) is 8.88. The molecule has 3 N–H and O–H groups in total. The summed E-state index contributed by atoms with van der Waals surface area (Å²) in [6.07, 6.45) is 5.25. The number of pyridine rings is 1. The monoisotopic (exact) mass is 429 g/mol. The summed E-state index contributed by atoms with van der Waals surface area (Å²) in [4.78, 5) is 16.7. The van der Waals surface area contributed by atoms with Crippen molar-refractivity contribution in [1.82, 2.24) is 4.98 Å². The lowest BCUT2D eigenvalue weighted by Gasteiger charge is -2.37. The molecule has 1 fully saturated rings. The number of rotatable bonds is 5. The van der Waals surface area contributed by atoms with Crippen molar-refractivity contribution in [1.29, 1.82) is 0 Å². The van der Waals surface area contributed by atoms with Crippen molar-refractivity contribution in [3.8, 4) is 5.75 Å². The van der Waals surface area contributed by atoms with Crippen LogP contribution in [-0.4, -0.2) is 16.4 Å². The highest BCUT2D eigenvalue weighted by Gasteiger charge is 2.37. The van der Waals surface area contributed by atoms with Crippen LogP contribution in [0.3, 0.4) is 0 Å². The quantitative estimate of drug-likeness (QED) is 0.733. The molecule has 2 aromatic rings. The molecule has 3 rings (SSSR count). The van der Waals surface area contributed by atoms with Gasteiger partial charge >= 0.3 is 0 Å². The molecule has 8 heteroatoms. The third-order valence-corrected chi connectivity index (χ3v) is 4.87. The lowest BCUT2D eigenvalue weighted by atomic mass is 9.74. The van der Waals surface area contributed by atoms with Gasteiger partial charge in [0.2, 0.25) is 5.91 Å². The van der Waals surface area contributed by atoms with E-state index in [1.165, 1.54) is 12.1 Å². The van der Waals surface area contributed by atoms with Gasteiger partial charge in [-0.05, 0) is 44.0 Å². The van der Waals surface area contributed by atoms with Gasteiger partial charge in [-0.2, -0.15) is 0 Å². The first kappa shape index (κ1) is 24.1. The molecule has 1 aromatic carbocycles. The molecule has 2 atom stereocenters. The second kappa shape index (κ2) is 10.6. The number of hydrogen-bond donors (Lipinski definition) is 2. The molecule has 1 aromatic heterocycles. The molecule has 0 aliphatic heterocycles. The van der Waals surface area contributed by atoms with Crippen LogP contribution in [-0.2, 0) is 11.4 Å². The minimum Gasteiger partial charge on any atom is -0.484 e. The molecule has 1 saturated carbocycles. The van der Waals surface area contributed by atoms with Crippen LogP contribution in [0.1, 0.15) is 38.3 Å². The summed E-state index contributed by atoms with van der Waals surface area (Å²) < 4.78 is 19.7. The highest BCUT2D eigenvalue weighted by atomic mass is 35.5. The molecule has 0 radical (unpaired) electrons. The molecule has 0 saturated heterocycles. The predicted molar refractivity (Wildman–Crippen MR) is 113 cm³/mol. The topological polar surface area (TPSA) is 77.2 Å². The van der Waals surface area contributed by atoms with Crippen LogP contribution in [0.25, 0.3) is 0 Å². The lowest BCUT2D eigenvalue weighted by molar-refractivity contribution is -0.122. The number of carbonyl (C=O) groups excluding carboxylic acids is 1. The maximum atomic E-state index is 14.3. The summed E-state index contributed by atoms with van der Waals surface area (Å²) in [5.74, 6) is -0.830. The number of halogens is 3. The summed E-state index contributed by atoms with van der Waals surface area (Å²) >= 11 is 0. The number of nitrogens with zero attached hydrogens (tertiary/aromatic N) is 1. The van der Waals surface area contributed by atoms with Crippen LogP contribution < -0.4 is 15.8 Å². The Morgan fingerprint density at radius 3 is 2.75 bits per heavy atom. The minimum absolute atomic E-state index is 0. The second-order valence-corrected chi connectivity index (χ2v) is 7.05. The van der Waals surface area contributed by atoms with E-state index in [0.717, 1.165) is 25.7 Å². The van der Waals surface area contributed by atoms with Crippen LogP contribution in [0.4, 0.5) is 10.1 Å². The Labute approximate surface area is 177 Å². The Hall–Kier alpha value is -1.89. The van der Waals surface area contributed by atoms with Gasteiger partial charge in [-0.15, -0.1) is 24.8 Å². The van der Waals surface area contributed by atoms with Gasteiger partial charge in [-0.1, -0.05) is 18.9 Å². The SMILES string of the molecule is CC1(N)CCCCC1C(=O)Nc1ccc(OCc2ccccn2)c(F)c1.Cl.Cl. The van der Waals surface area contributed by atoms with Crippen molar-refractivity contribution >= 4 is 36.4 Å². The van der Waals surface area contributed by atoms with Crippen LogP contribution in [0.5, 0.6) is 5.75 Å². The highest BCUT2D eigenvalue weighted by molar-refractivity contribution is 5.93. The van der Waals surface area contributed by atoms with Crippen LogP contribution >= 0.6 is 24.8 Å². The first-order chi connectivity index (χ1) is 12.5.